The Morgan fingerprint density at radius 2 is 1.66 bits per heavy atom. The lowest BCUT2D eigenvalue weighted by molar-refractivity contribution is -0.138. The normalized spacial score (nSPS) is 17.0. The monoisotopic (exact) mass is 595 g/mol. The lowest BCUT2D eigenvalue weighted by Gasteiger charge is -2.38. The molecule has 12 heteroatoms. The molecule has 3 aromatic carbocycles. The topological polar surface area (TPSA) is 53.9 Å². The van der Waals surface area contributed by atoms with Gasteiger partial charge in [0.15, 0.2) is 5.96 Å². The van der Waals surface area contributed by atoms with Crippen molar-refractivity contribution in [3.05, 3.63) is 117 Å². The minimum atomic E-state index is -4.62. The van der Waals surface area contributed by atoms with Gasteiger partial charge in [-0.05, 0) is 53.9 Å². The van der Waals surface area contributed by atoms with E-state index in [9.17, 15) is 31.1 Å². The van der Waals surface area contributed by atoms with Gasteiger partial charge in [-0.1, -0.05) is 54.1 Å². The minimum Gasteiger partial charge on any atom is -0.466 e. The number of alkyl halides is 6. The largest absolute Gasteiger partial charge is 0.466 e. The van der Waals surface area contributed by atoms with Crippen molar-refractivity contribution in [1.29, 1.82) is 0 Å². The van der Waals surface area contributed by atoms with Crippen LogP contribution in [0.5, 0.6) is 0 Å². The second kappa shape index (κ2) is 11.9. The molecule has 3 aromatic rings. The third-order valence-corrected chi connectivity index (χ3v) is 6.79. The molecule has 4 rings (SSSR count). The highest BCUT2D eigenvalue weighted by molar-refractivity contribution is 6.30. The Bertz CT molecular complexity index is 1480. The van der Waals surface area contributed by atoms with E-state index < -0.39 is 42.0 Å². The molecule has 0 aliphatic carbocycles. The van der Waals surface area contributed by atoms with Gasteiger partial charge in [0, 0.05) is 10.7 Å². The molecule has 0 amide bonds. The van der Waals surface area contributed by atoms with E-state index in [1.165, 1.54) is 42.3 Å². The molecule has 0 aromatic heterocycles. The number of carbonyl (C=O) groups is 1. The summed E-state index contributed by atoms with van der Waals surface area (Å²) in [6, 6.07) is 15.3. The Hall–Kier alpha value is -3.99. The Morgan fingerprint density at radius 1 is 0.976 bits per heavy atom. The van der Waals surface area contributed by atoms with Crippen molar-refractivity contribution >= 4 is 23.5 Å². The fraction of sp³-hybridized carbons (Fsp3) is 0.241. The number of nitrogens with one attached hydrogen (secondary N) is 1. The molecule has 0 fully saturated rings. The molecule has 1 N–H and O–H groups in total. The number of halogens is 7. The number of esters is 1. The first kappa shape index (κ1) is 30.0. The minimum absolute atomic E-state index is 0.0597. The predicted octanol–water partition coefficient (Wildman–Crippen LogP) is 7.53. The second-order valence-corrected chi connectivity index (χ2v) is 9.64. The summed E-state index contributed by atoms with van der Waals surface area (Å²) in [5.41, 5.74) is -0.563. The van der Waals surface area contributed by atoms with Crippen molar-refractivity contribution in [3.63, 3.8) is 0 Å². The van der Waals surface area contributed by atoms with Crippen LogP contribution in [0.15, 0.2) is 89.1 Å². The van der Waals surface area contributed by atoms with Crippen molar-refractivity contribution in [2.24, 2.45) is 4.99 Å². The summed E-state index contributed by atoms with van der Waals surface area (Å²) < 4.78 is 86.1. The number of nitrogens with zero attached hydrogens (tertiary/aromatic N) is 2. The van der Waals surface area contributed by atoms with Gasteiger partial charge in [0.2, 0.25) is 0 Å². The number of carbonyl (C=O) groups excluding carboxylic acids is 1. The predicted molar refractivity (Wildman–Crippen MR) is 142 cm³/mol. The van der Waals surface area contributed by atoms with Gasteiger partial charge in [0.25, 0.3) is 0 Å². The molecule has 0 bridgehead atoms. The SMILES string of the molecule is COC(=O)C1=C(C)N(Cc2cccc(C(F)(F)F)c2)C(=NCc2ccccc2C(F)(F)F)NC1c1ccc(Cl)cc1. The Labute approximate surface area is 237 Å². The molecule has 41 heavy (non-hydrogen) atoms. The molecule has 1 unspecified atom stereocenters. The maximum atomic E-state index is 13.6. The van der Waals surface area contributed by atoms with E-state index in [0.29, 0.717) is 16.3 Å². The summed E-state index contributed by atoms with van der Waals surface area (Å²) in [6.45, 7) is 1.00. The van der Waals surface area contributed by atoms with Crippen molar-refractivity contribution < 1.29 is 35.9 Å². The van der Waals surface area contributed by atoms with Crippen LogP contribution in [0.25, 0.3) is 0 Å². The number of hydrogen-bond acceptors (Lipinski definition) is 3. The number of rotatable bonds is 6. The summed E-state index contributed by atoms with van der Waals surface area (Å²) in [5.74, 6) is -0.644. The highest BCUT2D eigenvalue weighted by atomic mass is 35.5. The average Bonchev–Trinajstić information content (AvgIpc) is 2.92. The Morgan fingerprint density at radius 3 is 2.29 bits per heavy atom. The van der Waals surface area contributed by atoms with Crippen molar-refractivity contribution in [1.82, 2.24) is 10.2 Å². The molecule has 216 valence electrons. The number of ether oxygens (including phenoxy) is 1. The van der Waals surface area contributed by atoms with Crippen molar-refractivity contribution in [2.75, 3.05) is 7.11 Å². The van der Waals surface area contributed by atoms with Crippen LogP contribution in [0.4, 0.5) is 26.3 Å². The summed E-state index contributed by atoms with van der Waals surface area (Å²) in [4.78, 5) is 18.9. The van der Waals surface area contributed by atoms with Gasteiger partial charge in [-0.3, -0.25) is 0 Å². The molecule has 0 radical (unpaired) electrons. The van der Waals surface area contributed by atoms with E-state index in [1.807, 2.05) is 0 Å². The van der Waals surface area contributed by atoms with E-state index in [2.05, 4.69) is 10.3 Å². The summed E-state index contributed by atoms with van der Waals surface area (Å²) in [7, 11) is 1.19. The molecule has 1 aliphatic rings. The van der Waals surface area contributed by atoms with Crippen LogP contribution in [-0.2, 0) is 35.0 Å². The number of allylic oxidation sites excluding steroid dienone is 1. The van der Waals surface area contributed by atoms with Crippen LogP contribution >= 0.6 is 11.6 Å². The van der Waals surface area contributed by atoms with Crippen molar-refractivity contribution in [2.45, 2.75) is 38.4 Å². The zero-order valence-corrected chi connectivity index (χ0v) is 22.5. The first-order chi connectivity index (χ1) is 19.3. The molecular formula is C29H24ClF6N3O2. The average molecular weight is 596 g/mol. The lowest BCUT2D eigenvalue weighted by atomic mass is 9.94. The standard InChI is InChI=1S/C29H24ClF6N3O2/c1-17-24(26(40)41-2)25(19-10-12-22(30)13-11-19)38-27(37-15-20-7-3-4-9-23(20)29(34,35)36)39(17)16-18-6-5-8-21(14-18)28(31,32)33/h3-14,25H,15-16H2,1-2H3,(H,37,38). The van der Waals surface area contributed by atoms with E-state index >= 15 is 0 Å². The Kier molecular flexibility index (Phi) is 8.67. The molecule has 1 heterocycles. The smallest absolute Gasteiger partial charge is 0.416 e. The fourth-order valence-corrected chi connectivity index (χ4v) is 4.65. The first-order valence-corrected chi connectivity index (χ1v) is 12.6. The maximum absolute atomic E-state index is 13.6. The third kappa shape index (κ3) is 6.84. The quantitative estimate of drug-likeness (QED) is 0.236. The van der Waals surface area contributed by atoms with Crippen LogP contribution in [0.1, 0.15) is 40.8 Å². The van der Waals surface area contributed by atoms with Gasteiger partial charge < -0.3 is 15.0 Å². The van der Waals surface area contributed by atoms with Gasteiger partial charge >= 0.3 is 18.3 Å². The number of guanidine groups is 1. The van der Waals surface area contributed by atoms with Crippen LogP contribution < -0.4 is 5.32 Å². The third-order valence-electron chi connectivity index (χ3n) is 6.54. The number of methoxy groups -OCH3 is 1. The Balaban J connectivity index is 1.84. The summed E-state index contributed by atoms with van der Waals surface area (Å²) >= 11 is 6.03. The number of aliphatic imine (C=N–C) groups is 1. The van der Waals surface area contributed by atoms with Gasteiger partial charge in [0.05, 0.1) is 42.9 Å². The van der Waals surface area contributed by atoms with E-state index in [4.69, 9.17) is 16.3 Å². The zero-order valence-electron chi connectivity index (χ0n) is 21.8. The molecule has 0 spiro atoms. The summed E-state index contributed by atoms with van der Waals surface area (Å²) in [5, 5.41) is 3.54. The van der Waals surface area contributed by atoms with Crippen LogP contribution in [0.2, 0.25) is 5.02 Å². The molecule has 1 atom stereocenters. The van der Waals surface area contributed by atoms with Gasteiger partial charge in [0.1, 0.15) is 0 Å². The molecule has 5 nitrogen and oxygen atoms in total. The second-order valence-electron chi connectivity index (χ2n) is 9.20. The van der Waals surface area contributed by atoms with Gasteiger partial charge in [-0.15, -0.1) is 0 Å². The van der Waals surface area contributed by atoms with Crippen molar-refractivity contribution in [3.8, 4) is 0 Å². The van der Waals surface area contributed by atoms with E-state index in [-0.39, 0.29) is 29.2 Å². The fourth-order valence-electron chi connectivity index (χ4n) is 4.52. The number of hydrogen-bond donors (Lipinski definition) is 1. The highest BCUT2D eigenvalue weighted by Crippen LogP contribution is 2.35. The first-order valence-electron chi connectivity index (χ1n) is 12.2. The number of benzene rings is 3. The zero-order chi connectivity index (χ0) is 29.9. The van der Waals surface area contributed by atoms with Gasteiger partial charge in [-0.25, -0.2) is 9.79 Å². The van der Waals surface area contributed by atoms with E-state index in [1.54, 1.807) is 31.2 Å². The summed E-state index contributed by atoms with van der Waals surface area (Å²) in [6.07, 6.45) is -9.20. The van der Waals surface area contributed by atoms with Gasteiger partial charge in [-0.2, -0.15) is 26.3 Å². The molecule has 0 saturated heterocycles. The van der Waals surface area contributed by atoms with E-state index in [0.717, 1.165) is 18.2 Å². The molecular weight excluding hydrogens is 572 g/mol. The highest BCUT2D eigenvalue weighted by Gasteiger charge is 2.37. The maximum Gasteiger partial charge on any atom is 0.416 e. The van der Waals surface area contributed by atoms with Crippen LogP contribution in [0, 0.1) is 0 Å². The van der Waals surface area contributed by atoms with Crippen LogP contribution in [0.3, 0.4) is 0 Å². The molecule has 1 aliphatic heterocycles. The van der Waals surface area contributed by atoms with Crippen LogP contribution in [-0.4, -0.2) is 23.9 Å². The molecule has 0 saturated carbocycles. The lowest BCUT2D eigenvalue weighted by Crippen LogP contribution is -2.48.